The number of carboxylic acids is 1. The molecule has 0 bridgehead atoms. The van der Waals surface area contributed by atoms with Gasteiger partial charge in [0, 0.05) is 5.69 Å². The maximum atomic E-state index is 11.4. The number of rotatable bonds is 6. The van der Waals surface area contributed by atoms with Crippen molar-refractivity contribution in [1.29, 1.82) is 0 Å². The molecule has 1 aromatic carbocycles. The number of carbonyl (C=O) groups excluding carboxylic acids is 2. The van der Waals surface area contributed by atoms with E-state index in [1.807, 2.05) is 44.2 Å². The van der Waals surface area contributed by atoms with Gasteiger partial charge >= 0.3 is 12.1 Å². The molecule has 1 unspecified atom stereocenters. The lowest BCUT2D eigenvalue weighted by atomic mass is 10.0. The predicted molar refractivity (Wildman–Crippen MR) is 96.4 cm³/mol. The zero-order valence-corrected chi connectivity index (χ0v) is 15.4. The Labute approximate surface area is 148 Å². The van der Waals surface area contributed by atoms with Crippen molar-refractivity contribution in [2.45, 2.75) is 52.7 Å². The standard InChI is InChI=1S/C11H21NO4.C7H7NO/c1-7(2)6-8(9(13)14)12-10(15)16-11(3,4)5;9-6-8-7-4-2-1-3-5-7/h7-8H,6H2,1-5H3,(H,12,15)(H,13,14);1-6H,(H,8,9). The molecule has 0 heterocycles. The van der Waals surface area contributed by atoms with Crippen LogP contribution in [-0.4, -0.2) is 35.2 Å². The van der Waals surface area contributed by atoms with Crippen molar-refractivity contribution in [2.24, 2.45) is 5.92 Å². The fourth-order valence-corrected chi connectivity index (χ4v) is 1.75. The largest absolute Gasteiger partial charge is 0.480 e. The number of carboxylic acid groups (broad SMARTS) is 1. The van der Waals surface area contributed by atoms with Crippen LogP contribution < -0.4 is 10.6 Å². The highest BCUT2D eigenvalue weighted by Crippen LogP contribution is 2.09. The molecule has 7 heteroatoms. The van der Waals surface area contributed by atoms with Crippen LogP contribution in [0.3, 0.4) is 0 Å². The summed E-state index contributed by atoms with van der Waals surface area (Å²) in [6.07, 6.45) is 0.352. The second-order valence-corrected chi connectivity index (χ2v) is 6.79. The zero-order valence-electron chi connectivity index (χ0n) is 15.4. The van der Waals surface area contributed by atoms with Crippen LogP contribution in [0, 0.1) is 5.92 Å². The first-order valence-corrected chi connectivity index (χ1v) is 8.02. The summed E-state index contributed by atoms with van der Waals surface area (Å²) in [5.41, 5.74) is 0.206. The SMILES string of the molecule is CC(C)CC(NC(=O)OC(C)(C)C)C(=O)O.O=CNc1ccccc1. The molecule has 0 spiro atoms. The normalized spacial score (nSPS) is 11.6. The van der Waals surface area contributed by atoms with E-state index in [0.717, 1.165) is 5.69 Å². The minimum absolute atomic E-state index is 0.191. The molecule has 2 amide bonds. The molecule has 1 atom stereocenters. The number of aliphatic carboxylic acids is 1. The van der Waals surface area contributed by atoms with Crippen LogP contribution in [0.1, 0.15) is 41.0 Å². The number of hydrogen-bond donors (Lipinski definition) is 3. The summed E-state index contributed by atoms with van der Waals surface area (Å²) in [4.78, 5) is 32.1. The smallest absolute Gasteiger partial charge is 0.408 e. The number of hydrogen-bond acceptors (Lipinski definition) is 4. The number of para-hydroxylation sites is 1. The van der Waals surface area contributed by atoms with Crippen LogP contribution in [0.5, 0.6) is 0 Å². The van der Waals surface area contributed by atoms with Crippen LogP contribution in [0.25, 0.3) is 0 Å². The second kappa shape index (κ2) is 11.1. The number of carbonyl (C=O) groups is 3. The Kier molecular flexibility index (Phi) is 9.93. The molecule has 0 saturated carbocycles. The van der Waals surface area contributed by atoms with E-state index < -0.39 is 23.7 Å². The molecule has 0 saturated heterocycles. The van der Waals surface area contributed by atoms with Gasteiger partial charge < -0.3 is 20.5 Å². The van der Waals surface area contributed by atoms with Crippen molar-refractivity contribution in [1.82, 2.24) is 5.32 Å². The number of benzene rings is 1. The predicted octanol–water partition coefficient (Wildman–Crippen LogP) is 3.27. The summed E-state index contributed by atoms with van der Waals surface area (Å²) in [6.45, 7) is 8.97. The van der Waals surface area contributed by atoms with Gasteiger partial charge in [0.05, 0.1) is 0 Å². The van der Waals surface area contributed by atoms with E-state index in [-0.39, 0.29) is 5.92 Å². The Morgan fingerprint density at radius 1 is 1.20 bits per heavy atom. The van der Waals surface area contributed by atoms with Crippen LogP contribution in [-0.2, 0) is 14.3 Å². The Hall–Kier alpha value is -2.57. The van der Waals surface area contributed by atoms with Crippen LogP contribution in [0.15, 0.2) is 30.3 Å². The number of nitrogens with one attached hydrogen (secondary N) is 2. The van der Waals surface area contributed by atoms with E-state index in [0.29, 0.717) is 12.8 Å². The Balaban J connectivity index is 0.000000535. The van der Waals surface area contributed by atoms with Gasteiger partial charge in [0.15, 0.2) is 0 Å². The molecule has 25 heavy (non-hydrogen) atoms. The molecular weight excluding hydrogens is 324 g/mol. The molecular formula is C18H28N2O5. The first-order chi connectivity index (χ1) is 11.5. The van der Waals surface area contributed by atoms with Gasteiger partial charge in [-0.25, -0.2) is 9.59 Å². The maximum Gasteiger partial charge on any atom is 0.408 e. The number of alkyl carbamates (subject to hydrolysis) is 1. The monoisotopic (exact) mass is 352 g/mol. The van der Waals surface area contributed by atoms with Gasteiger partial charge in [0.2, 0.25) is 6.41 Å². The molecule has 1 aromatic rings. The Morgan fingerprint density at radius 2 is 1.76 bits per heavy atom. The fraction of sp³-hybridized carbons (Fsp3) is 0.500. The first-order valence-electron chi connectivity index (χ1n) is 8.02. The van der Waals surface area contributed by atoms with E-state index in [4.69, 9.17) is 9.84 Å². The molecule has 3 N–H and O–H groups in total. The molecule has 0 aromatic heterocycles. The molecule has 7 nitrogen and oxygen atoms in total. The number of amides is 2. The highest BCUT2D eigenvalue weighted by atomic mass is 16.6. The van der Waals surface area contributed by atoms with Gasteiger partial charge in [-0.05, 0) is 45.2 Å². The third-order valence-electron chi connectivity index (χ3n) is 2.70. The highest BCUT2D eigenvalue weighted by Gasteiger charge is 2.24. The van der Waals surface area contributed by atoms with Crippen LogP contribution >= 0.6 is 0 Å². The van der Waals surface area contributed by atoms with Crippen molar-refractivity contribution in [3.05, 3.63) is 30.3 Å². The van der Waals surface area contributed by atoms with E-state index in [1.165, 1.54) is 0 Å². The average Bonchev–Trinajstić information content (AvgIpc) is 2.46. The third kappa shape index (κ3) is 12.5. The van der Waals surface area contributed by atoms with E-state index >= 15 is 0 Å². The van der Waals surface area contributed by atoms with Gasteiger partial charge in [-0.3, -0.25) is 4.79 Å². The Morgan fingerprint density at radius 3 is 2.16 bits per heavy atom. The van der Waals surface area contributed by atoms with E-state index in [2.05, 4.69) is 10.6 Å². The molecule has 0 radical (unpaired) electrons. The van der Waals surface area contributed by atoms with Crippen molar-refractivity contribution < 1.29 is 24.2 Å². The second-order valence-electron chi connectivity index (χ2n) is 6.79. The summed E-state index contributed by atoms with van der Waals surface area (Å²) in [6, 6.07) is 8.39. The fourth-order valence-electron chi connectivity index (χ4n) is 1.75. The maximum absolute atomic E-state index is 11.4. The molecule has 0 aliphatic rings. The van der Waals surface area contributed by atoms with Gasteiger partial charge in [-0.15, -0.1) is 0 Å². The summed E-state index contributed by atoms with van der Waals surface area (Å²) in [5, 5.41) is 13.8. The van der Waals surface area contributed by atoms with Gasteiger partial charge in [0.1, 0.15) is 11.6 Å². The lowest BCUT2D eigenvalue weighted by Crippen LogP contribution is -2.44. The average molecular weight is 352 g/mol. The van der Waals surface area contributed by atoms with Crippen molar-refractivity contribution in [3.8, 4) is 0 Å². The van der Waals surface area contributed by atoms with Gasteiger partial charge in [0.25, 0.3) is 0 Å². The summed E-state index contributed by atoms with van der Waals surface area (Å²) >= 11 is 0. The molecule has 0 aliphatic heterocycles. The molecule has 1 rings (SSSR count). The van der Waals surface area contributed by atoms with Crippen LogP contribution in [0.4, 0.5) is 10.5 Å². The quantitative estimate of drug-likeness (QED) is 0.682. The van der Waals surface area contributed by atoms with Gasteiger partial charge in [-0.1, -0.05) is 32.0 Å². The lowest BCUT2D eigenvalue weighted by molar-refractivity contribution is -0.139. The van der Waals surface area contributed by atoms with Crippen LogP contribution in [0.2, 0.25) is 0 Å². The van der Waals surface area contributed by atoms with E-state index in [9.17, 15) is 14.4 Å². The minimum Gasteiger partial charge on any atom is -0.480 e. The highest BCUT2D eigenvalue weighted by molar-refractivity contribution is 5.80. The minimum atomic E-state index is -1.04. The topological polar surface area (TPSA) is 105 Å². The third-order valence-corrected chi connectivity index (χ3v) is 2.70. The number of anilines is 1. The van der Waals surface area contributed by atoms with E-state index in [1.54, 1.807) is 20.8 Å². The molecule has 0 fully saturated rings. The molecule has 0 aliphatic carbocycles. The Bertz CT molecular complexity index is 538. The lowest BCUT2D eigenvalue weighted by Gasteiger charge is -2.22. The first kappa shape index (κ1) is 22.4. The van der Waals surface area contributed by atoms with Gasteiger partial charge in [-0.2, -0.15) is 0 Å². The summed E-state index contributed by atoms with van der Waals surface area (Å²) in [5.74, 6) is -0.851. The summed E-state index contributed by atoms with van der Waals surface area (Å²) in [7, 11) is 0. The zero-order chi connectivity index (χ0) is 19.5. The number of ether oxygens (including phenoxy) is 1. The summed E-state index contributed by atoms with van der Waals surface area (Å²) < 4.78 is 4.99. The van der Waals surface area contributed by atoms with Crippen molar-refractivity contribution >= 4 is 24.2 Å². The van der Waals surface area contributed by atoms with Crippen molar-refractivity contribution in [2.75, 3.05) is 5.32 Å². The molecule has 140 valence electrons. The van der Waals surface area contributed by atoms with Crippen molar-refractivity contribution in [3.63, 3.8) is 0 Å².